The monoisotopic (exact) mass is 399 g/mol. The van der Waals surface area contributed by atoms with Gasteiger partial charge in [0.15, 0.2) is 0 Å². The largest absolute Gasteiger partial charge is 0.332 e. The molecule has 1 saturated heterocycles. The van der Waals surface area contributed by atoms with E-state index in [2.05, 4.69) is 22.1 Å². The molecule has 0 unspecified atom stereocenters. The molecule has 7 heteroatoms. The third-order valence-corrected chi connectivity index (χ3v) is 4.66. The van der Waals surface area contributed by atoms with Gasteiger partial charge in [0.05, 0.1) is 0 Å². The van der Waals surface area contributed by atoms with Crippen molar-refractivity contribution in [3.8, 4) is 11.8 Å². The van der Waals surface area contributed by atoms with Crippen LogP contribution in [-0.4, -0.2) is 33.9 Å². The number of imide groups is 1. The molecule has 28 heavy (non-hydrogen) atoms. The van der Waals surface area contributed by atoms with Gasteiger partial charge in [0.2, 0.25) is 5.91 Å². The van der Waals surface area contributed by atoms with Gasteiger partial charge in [0.25, 0.3) is 0 Å². The Balaban J connectivity index is 1.73. The fourth-order valence-electron chi connectivity index (χ4n) is 2.93. The maximum absolute atomic E-state index is 14.5. The van der Waals surface area contributed by atoms with Crippen molar-refractivity contribution in [3.63, 3.8) is 0 Å². The molecule has 2 aromatic rings. The molecule has 1 aliphatic rings. The summed E-state index contributed by atoms with van der Waals surface area (Å²) in [6, 6.07) is 5.96. The van der Waals surface area contributed by atoms with Crippen LogP contribution in [0.2, 0.25) is 5.02 Å². The SMILES string of the molecule is CC1(C)CC(=O)N(CCc2c(F)cc(C#Cc3cccnc3)cc2Cl)C(=O)N1. The van der Waals surface area contributed by atoms with Crippen molar-refractivity contribution in [1.82, 2.24) is 15.2 Å². The van der Waals surface area contributed by atoms with Gasteiger partial charge in [-0.25, -0.2) is 9.18 Å². The lowest BCUT2D eigenvalue weighted by atomic mass is 9.97. The predicted octanol–water partition coefficient (Wildman–Crippen LogP) is 3.54. The smallest absolute Gasteiger partial charge is 0.324 e. The molecule has 3 amide bonds. The summed E-state index contributed by atoms with van der Waals surface area (Å²) in [7, 11) is 0. The van der Waals surface area contributed by atoms with Crippen molar-refractivity contribution in [1.29, 1.82) is 0 Å². The van der Waals surface area contributed by atoms with Crippen LogP contribution in [0.3, 0.4) is 0 Å². The zero-order valence-corrected chi connectivity index (χ0v) is 16.3. The number of urea groups is 1. The zero-order valence-electron chi connectivity index (χ0n) is 15.6. The number of amides is 3. The average Bonchev–Trinajstić information content (AvgIpc) is 2.61. The highest BCUT2D eigenvalue weighted by Crippen LogP contribution is 2.24. The minimum Gasteiger partial charge on any atom is -0.332 e. The van der Waals surface area contributed by atoms with E-state index in [0.29, 0.717) is 11.1 Å². The third kappa shape index (κ3) is 4.68. The van der Waals surface area contributed by atoms with E-state index in [0.717, 1.165) is 4.90 Å². The Morgan fingerprint density at radius 3 is 2.68 bits per heavy atom. The highest BCUT2D eigenvalue weighted by Gasteiger charge is 2.36. The van der Waals surface area contributed by atoms with E-state index in [9.17, 15) is 14.0 Å². The van der Waals surface area contributed by atoms with E-state index in [-0.39, 0.29) is 35.9 Å². The molecule has 0 bridgehead atoms. The van der Waals surface area contributed by atoms with Crippen molar-refractivity contribution >= 4 is 23.5 Å². The first kappa shape index (κ1) is 19.8. The highest BCUT2D eigenvalue weighted by molar-refractivity contribution is 6.31. The van der Waals surface area contributed by atoms with Gasteiger partial charge in [0, 0.05) is 52.6 Å². The lowest BCUT2D eigenvalue weighted by molar-refractivity contribution is -0.131. The van der Waals surface area contributed by atoms with Gasteiger partial charge in [-0.1, -0.05) is 23.4 Å². The Hall–Kier alpha value is -2.91. The molecular formula is C21H19ClFN3O2. The van der Waals surface area contributed by atoms with E-state index in [4.69, 9.17) is 11.6 Å². The highest BCUT2D eigenvalue weighted by atomic mass is 35.5. The molecule has 3 rings (SSSR count). The molecule has 0 radical (unpaired) electrons. The number of rotatable bonds is 3. The van der Waals surface area contributed by atoms with Crippen molar-refractivity contribution in [3.05, 3.63) is 64.2 Å². The van der Waals surface area contributed by atoms with E-state index in [1.165, 1.54) is 6.07 Å². The number of nitrogens with one attached hydrogen (secondary N) is 1. The summed E-state index contributed by atoms with van der Waals surface area (Å²) in [6.45, 7) is 3.61. The summed E-state index contributed by atoms with van der Waals surface area (Å²) in [5, 5.41) is 2.97. The van der Waals surface area contributed by atoms with Gasteiger partial charge in [-0.3, -0.25) is 14.7 Å². The lowest BCUT2D eigenvalue weighted by Gasteiger charge is -2.36. The number of pyridine rings is 1. The Labute approximate surface area is 167 Å². The summed E-state index contributed by atoms with van der Waals surface area (Å²) >= 11 is 6.23. The van der Waals surface area contributed by atoms with Crippen LogP contribution in [0.1, 0.15) is 37.0 Å². The number of aromatic nitrogens is 1. The molecule has 0 saturated carbocycles. The summed E-state index contributed by atoms with van der Waals surface area (Å²) in [5.74, 6) is 4.94. The third-order valence-electron chi connectivity index (χ3n) is 4.32. The average molecular weight is 400 g/mol. The summed E-state index contributed by atoms with van der Waals surface area (Å²) in [6.07, 6.45) is 3.57. The Kier molecular flexibility index (Phi) is 5.66. The number of benzene rings is 1. The molecule has 2 heterocycles. The minimum atomic E-state index is -0.581. The molecule has 1 aromatic carbocycles. The van der Waals surface area contributed by atoms with E-state index in [1.54, 1.807) is 44.4 Å². The summed E-state index contributed by atoms with van der Waals surface area (Å²) < 4.78 is 14.5. The molecule has 1 aromatic heterocycles. The number of nitrogens with zero attached hydrogens (tertiary/aromatic N) is 2. The number of carbonyl (C=O) groups excluding carboxylic acids is 2. The first-order chi connectivity index (χ1) is 13.2. The topological polar surface area (TPSA) is 62.3 Å². The zero-order chi connectivity index (χ0) is 20.3. The van der Waals surface area contributed by atoms with Gasteiger partial charge in [-0.15, -0.1) is 0 Å². The van der Waals surface area contributed by atoms with E-state index < -0.39 is 17.4 Å². The Morgan fingerprint density at radius 1 is 1.29 bits per heavy atom. The Bertz CT molecular complexity index is 937. The number of halogens is 2. The standard InChI is InChI=1S/C21H19ClFN3O2/c1-21(2)12-19(27)26(20(28)25-21)9-7-16-17(22)10-15(11-18(16)23)6-5-14-4-3-8-24-13-14/h3-4,8,10-11,13H,7,9,12H2,1-2H3,(H,25,28). The fourth-order valence-corrected chi connectivity index (χ4v) is 3.24. The molecule has 0 aliphatic carbocycles. The van der Waals surface area contributed by atoms with Crippen LogP contribution in [0.15, 0.2) is 36.7 Å². The molecule has 0 spiro atoms. The fraction of sp³-hybridized carbons (Fsp3) is 0.286. The van der Waals surface area contributed by atoms with Gasteiger partial charge in [-0.05, 0) is 44.5 Å². The molecule has 0 atom stereocenters. The molecule has 1 fully saturated rings. The van der Waals surface area contributed by atoms with Gasteiger partial charge in [-0.2, -0.15) is 0 Å². The maximum atomic E-state index is 14.5. The lowest BCUT2D eigenvalue weighted by Crippen LogP contribution is -2.59. The van der Waals surface area contributed by atoms with Crippen molar-refractivity contribution in [2.24, 2.45) is 0 Å². The maximum Gasteiger partial charge on any atom is 0.324 e. The van der Waals surface area contributed by atoms with Crippen LogP contribution in [0.25, 0.3) is 0 Å². The van der Waals surface area contributed by atoms with Gasteiger partial charge >= 0.3 is 6.03 Å². The van der Waals surface area contributed by atoms with Crippen LogP contribution in [0, 0.1) is 17.7 Å². The van der Waals surface area contributed by atoms with Gasteiger partial charge < -0.3 is 5.32 Å². The normalized spacial score (nSPS) is 15.6. The van der Waals surface area contributed by atoms with Crippen LogP contribution in [-0.2, 0) is 11.2 Å². The minimum absolute atomic E-state index is 0.0537. The predicted molar refractivity (Wildman–Crippen MR) is 104 cm³/mol. The van der Waals surface area contributed by atoms with Crippen molar-refractivity contribution < 1.29 is 14.0 Å². The van der Waals surface area contributed by atoms with Gasteiger partial charge in [0.1, 0.15) is 5.82 Å². The van der Waals surface area contributed by atoms with E-state index >= 15 is 0 Å². The van der Waals surface area contributed by atoms with Crippen LogP contribution in [0.5, 0.6) is 0 Å². The van der Waals surface area contributed by atoms with Crippen LogP contribution >= 0.6 is 11.6 Å². The number of hydrogen-bond acceptors (Lipinski definition) is 3. The second-order valence-electron chi connectivity index (χ2n) is 7.20. The number of hydrogen-bond donors (Lipinski definition) is 1. The molecular weight excluding hydrogens is 381 g/mol. The van der Waals surface area contributed by atoms with Crippen molar-refractivity contribution in [2.75, 3.05) is 6.54 Å². The molecule has 5 nitrogen and oxygen atoms in total. The van der Waals surface area contributed by atoms with Crippen LogP contribution < -0.4 is 5.32 Å². The molecule has 1 aliphatic heterocycles. The molecule has 144 valence electrons. The summed E-state index contributed by atoms with van der Waals surface area (Å²) in [4.78, 5) is 29.4. The van der Waals surface area contributed by atoms with E-state index in [1.807, 2.05) is 0 Å². The van der Waals surface area contributed by atoms with Crippen molar-refractivity contribution in [2.45, 2.75) is 32.2 Å². The second-order valence-corrected chi connectivity index (χ2v) is 7.60. The summed E-state index contributed by atoms with van der Waals surface area (Å²) in [5.41, 5.74) is 0.811. The second kappa shape index (κ2) is 7.99. The Morgan fingerprint density at radius 2 is 2.04 bits per heavy atom. The molecule has 1 N–H and O–H groups in total. The first-order valence-electron chi connectivity index (χ1n) is 8.78. The van der Waals surface area contributed by atoms with Crippen LogP contribution in [0.4, 0.5) is 9.18 Å². The quantitative estimate of drug-likeness (QED) is 0.803. The number of carbonyl (C=O) groups is 2. The first-order valence-corrected chi connectivity index (χ1v) is 9.15.